The summed E-state index contributed by atoms with van der Waals surface area (Å²) in [4.78, 5) is 27.8. The maximum absolute atomic E-state index is 11.9. The monoisotopic (exact) mass is 375 g/mol. The lowest BCUT2D eigenvalue weighted by Gasteiger charge is -2.14. The van der Waals surface area contributed by atoms with Gasteiger partial charge in [0, 0.05) is 35.4 Å². The van der Waals surface area contributed by atoms with E-state index in [1.54, 1.807) is 36.7 Å². The van der Waals surface area contributed by atoms with E-state index in [-0.39, 0.29) is 24.3 Å². The van der Waals surface area contributed by atoms with E-state index in [9.17, 15) is 9.59 Å². The Labute approximate surface area is 143 Å². The van der Waals surface area contributed by atoms with Crippen LogP contribution >= 0.6 is 15.9 Å². The van der Waals surface area contributed by atoms with E-state index < -0.39 is 0 Å². The average molecular weight is 376 g/mol. The first-order valence-electron chi connectivity index (χ1n) is 7.29. The fourth-order valence-electron chi connectivity index (χ4n) is 2.02. The molecular formula is C17H18BrN3O2. The fourth-order valence-corrected chi connectivity index (χ4v) is 2.29. The van der Waals surface area contributed by atoms with Gasteiger partial charge in [0.1, 0.15) is 0 Å². The summed E-state index contributed by atoms with van der Waals surface area (Å²) in [7, 11) is 0. The summed E-state index contributed by atoms with van der Waals surface area (Å²) in [6.07, 6.45) is 3.64. The number of nitrogens with one attached hydrogen (secondary N) is 2. The summed E-state index contributed by atoms with van der Waals surface area (Å²) in [5.41, 5.74) is 1.51. The zero-order valence-electron chi connectivity index (χ0n) is 12.8. The summed E-state index contributed by atoms with van der Waals surface area (Å²) in [5, 5.41) is 5.62. The number of nitrogens with zero attached hydrogens (tertiary/aromatic N) is 1. The first kappa shape index (κ1) is 17.1. The van der Waals surface area contributed by atoms with Gasteiger partial charge in [-0.25, -0.2) is 0 Å². The highest BCUT2D eigenvalue weighted by Crippen LogP contribution is 2.11. The van der Waals surface area contributed by atoms with Crippen LogP contribution in [0.25, 0.3) is 0 Å². The van der Waals surface area contributed by atoms with Crippen molar-refractivity contribution in [2.45, 2.75) is 19.4 Å². The van der Waals surface area contributed by atoms with Gasteiger partial charge in [-0.05, 0) is 42.8 Å². The largest absolute Gasteiger partial charge is 0.352 e. The Morgan fingerprint density at radius 3 is 2.61 bits per heavy atom. The van der Waals surface area contributed by atoms with E-state index in [1.165, 1.54) is 0 Å². The average Bonchev–Trinajstić information content (AvgIpc) is 2.56. The van der Waals surface area contributed by atoms with Crippen LogP contribution in [0.5, 0.6) is 0 Å². The van der Waals surface area contributed by atoms with Crippen LogP contribution in [-0.4, -0.2) is 23.3 Å². The minimum absolute atomic E-state index is 0.113. The summed E-state index contributed by atoms with van der Waals surface area (Å²) < 4.78 is 0.915. The Morgan fingerprint density at radius 1 is 1.22 bits per heavy atom. The number of carbonyl (C=O) groups is 2. The smallest absolute Gasteiger partial charge is 0.251 e. The van der Waals surface area contributed by atoms with Crippen molar-refractivity contribution in [3.8, 4) is 0 Å². The molecule has 0 aliphatic heterocycles. The molecule has 0 aliphatic carbocycles. The van der Waals surface area contributed by atoms with Gasteiger partial charge in [0.2, 0.25) is 5.91 Å². The molecule has 2 rings (SSSR count). The molecule has 0 saturated heterocycles. The number of rotatable bonds is 6. The van der Waals surface area contributed by atoms with Crippen molar-refractivity contribution in [3.63, 3.8) is 0 Å². The Bertz CT molecular complexity index is 659. The SMILES string of the molecule is C[C@H](NC(=O)CCNC(=O)c1ccc(Br)cc1)c1cccnc1. The topological polar surface area (TPSA) is 71.1 Å². The first-order chi connectivity index (χ1) is 11.1. The van der Waals surface area contributed by atoms with Crippen LogP contribution < -0.4 is 10.6 Å². The molecule has 0 unspecified atom stereocenters. The maximum Gasteiger partial charge on any atom is 0.251 e. The minimum Gasteiger partial charge on any atom is -0.352 e. The van der Waals surface area contributed by atoms with Crippen molar-refractivity contribution >= 4 is 27.7 Å². The predicted molar refractivity (Wildman–Crippen MR) is 91.9 cm³/mol. The van der Waals surface area contributed by atoms with E-state index in [4.69, 9.17) is 0 Å². The van der Waals surface area contributed by atoms with Crippen LogP contribution in [0.2, 0.25) is 0 Å². The highest BCUT2D eigenvalue weighted by atomic mass is 79.9. The molecular weight excluding hydrogens is 358 g/mol. The number of carbonyl (C=O) groups excluding carboxylic acids is 2. The van der Waals surface area contributed by atoms with Gasteiger partial charge in [0.25, 0.3) is 5.91 Å². The molecule has 0 bridgehead atoms. The molecule has 6 heteroatoms. The molecule has 1 heterocycles. The second-order valence-corrected chi connectivity index (χ2v) is 6.00. The summed E-state index contributed by atoms with van der Waals surface area (Å²) >= 11 is 3.32. The molecule has 1 atom stereocenters. The molecule has 120 valence electrons. The summed E-state index contributed by atoms with van der Waals surface area (Å²) in [6.45, 7) is 2.19. The third-order valence-electron chi connectivity index (χ3n) is 3.31. The number of hydrogen-bond acceptors (Lipinski definition) is 3. The van der Waals surface area contributed by atoms with E-state index in [1.807, 2.05) is 19.1 Å². The highest BCUT2D eigenvalue weighted by molar-refractivity contribution is 9.10. The van der Waals surface area contributed by atoms with Gasteiger partial charge in [-0.15, -0.1) is 0 Å². The number of aromatic nitrogens is 1. The van der Waals surface area contributed by atoms with E-state index in [2.05, 4.69) is 31.5 Å². The van der Waals surface area contributed by atoms with E-state index >= 15 is 0 Å². The van der Waals surface area contributed by atoms with Crippen molar-refractivity contribution in [2.75, 3.05) is 6.54 Å². The van der Waals surface area contributed by atoms with Crippen molar-refractivity contribution in [1.29, 1.82) is 0 Å². The van der Waals surface area contributed by atoms with Crippen molar-refractivity contribution in [1.82, 2.24) is 15.6 Å². The molecule has 2 N–H and O–H groups in total. The van der Waals surface area contributed by atoms with Gasteiger partial charge in [-0.1, -0.05) is 22.0 Å². The van der Waals surface area contributed by atoms with Gasteiger partial charge in [0.15, 0.2) is 0 Å². The number of hydrogen-bond donors (Lipinski definition) is 2. The lowest BCUT2D eigenvalue weighted by Crippen LogP contribution is -2.32. The molecule has 2 amide bonds. The number of amides is 2. The van der Waals surface area contributed by atoms with Gasteiger partial charge in [-0.3, -0.25) is 14.6 Å². The summed E-state index contributed by atoms with van der Waals surface area (Å²) in [5.74, 6) is -0.303. The molecule has 1 aromatic heterocycles. The number of halogens is 1. The molecule has 1 aromatic carbocycles. The zero-order valence-corrected chi connectivity index (χ0v) is 14.3. The molecule has 0 fully saturated rings. The second kappa shape index (κ2) is 8.43. The van der Waals surface area contributed by atoms with Gasteiger partial charge < -0.3 is 10.6 Å². The van der Waals surface area contributed by atoms with Gasteiger partial charge >= 0.3 is 0 Å². The Morgan fingerprint density at radius 2 is 1.96 bits per heavy atom. The molecule has 0 radical (unpaired) electrons. The Kier molecular flexibility index (Phi) is 6.29. The quantitative estimate of drug-likeness (QED) is 0.815. The number of pyridine rings is 1. The van der Waals surface area contributed by atoms with Crippen LogP contribution in [-0.2, 0) is 4.79 Å². The molecule has 0 saturated carbocycles. The maximum atomic E-state index is 11.9. The molecule has 0 spiro atoms. The molecule has 2 aromatic rings. The highest BCUT2D eigenvalue weighted by Gasteiger charge is 2.10. The standard InChI is InChI=1S/C17H18BrN3O2/c1-12(14-3-2-9-19-11-14)21-16(22)8-10-20-17(23)13-4-6-15(18)7-5-13/h2-7,9,11-12H,8,10H2,1H3,(H,20,23)(H,21,22)/t12-/m0/s1. The van der Waals surface area contributed by atoms with Gasteiger partial charge in [-0.2, -0.15) is 0 Å². The van der Waals surface area contributed by atoms with Crippen LogP contribution in [0.4, 0.5) is 0 Å². The lowest BCUT2D eigenvalue weighted by molar-refractivity contribution is -0.121. The summed E-state index contributed by atoms with van der Waals surface area (Å²) in [6, 6.07) is 10.7. The van der Waals surface area contributed by atoms with E-state index in [0.29, 0.717) is 12.1 Å². The van der Waals surface area contributed by atoms with Crippen molar-refractivity contribution in [3.05, 3.63) is 64.4 Å². The minimum atomic E-state index is -0.189. The predicted octanol–water partition coefficient (Wildman–Crippen LogP) is 2.84. The van der Waals surface area contributed by atoms with Gasteiger partial charge in [0.05, 0.1) is 6.04 Å². The Hall–Kier alpha value is -2.21. The van der Waals surface area contributed by atoms with Crippen molar-refractivity contribution < 1.29 is 9.59 Å². The fraction of sp³-hybridized carbons (Fsp3) is 0.235. The Balaban J connectivity index is 1.74. The van der Waals surface area contributed by atoms with Crippen LogP contribution in [0.3, 0.4) is 0 Å². The van der Waals surface area contributed by atoms with Crippen LogP contribution in [0.1, 0.15) is 35.3 Å². The normalized spacial score (nSPS) is 11.6. The number of benzene rings is 1. The third-order valence-corrected chi connectivity index (χ3v) is 3.83. The molecule has 5 nitrogen and oxygen atoms in total. The molecule has 0 aliphatic rings. The first-order valence-corrected chi connectivity index (χ1v) is 8.08. The van der Waals surface area contributed by atoms with Crippen LogP contribution in [0.15, 0.2) is 53.3 Å². The third kappa shape index (κ3) is 5.49. The molecule has 23 heavy (non-hydrogen) atoms. The zero-order chi connectivity index (χ0) is 16.7. The van der Waals surface area contributed by atoms with Crippen molar-refractivity contribution in [2.24, 2.45) is 0 Å². The van der Waals surface area contributed by atoms with E-state index in [0.717, 1.165) is 10.0 Å². The van der Waals surface area contributed by atoms with Crippen LogP contribution in [0, 0.1) is 0 Å². The second-order valence-electron chi connectivity index (χ2n) is 5.09. The lowest BCUT2D eigenvalue weighted by atomic mass is 10.1.